The average molecular weight is 690 g/mol. The van der Waals surface area contributed by atoms with Crippen LogP contribution in [0.3, 0.4) is 0 Å². The Labute approximate surface area is 308 Å². The largest absolute Gasteiger partial charge is 0.208 e. The van der Waals surface area contributed by atoms with Crippen molar-refractivity contribution in [3.63, 3.8) is 0 Å². The van der Waals surface area contributed by atoms with Gasteiger partial charge in [-0.05, 0) is 84.0 Å². The van der Waals surface area contributed by atoms with E-state index in [0.717, 1.165) is 27.5 Å². The maximum atomic E-state index is 5.45. The van der Waals surface area contributed by atoms with E-state index in [1.54, 1.807) is 0 Å². The number of aromatic nitrogens is 3. The molecule has 2 heterocycles. The van der Waals surface area contributed by atoms with Gasteiger partial charge in [0, 0.05) is 42.4 Å². The van der Waals surface area contributed by atoms with Crippen molar-refractivity contribution in [3.8, 4) is 56.4 Å². The van der Waals surface area contributed by atoms with Gasteiger partial charge in [-0.3, -0.25) is 0 Å². The summed E-state index contributed by atoms with van der Waals surface area (Å²) < 4.78 is 2.49. The molecule has 0 spiro atoms. The Morgan fingerprint density at radius 2 is 0.925 bits per heavy atom. The van der Waals surface area contributed by atoms with Gasteiger partial charge in [-0.15, -0.1) is 11.3 Å². The van der Waals surface area contributed by atoms with Gasteiger partial charge >= 0.3 is 0 Å². The van der Waals surface area contributed by atoms with E-state index in [2.05, 4.69) is 164 Å². The molecule has 0 bridgehead atoms. The molecule has 53 heavy (non-hydrogen) atoms. The van der Waals surface area contributed by atoms with Gasteiger partial charge in [-0.25, -0.2) is 15.0 Å². The van der Waals surface area contributed by atoms with Gasteiger partial charge in [-0.2, -0.15) is 0 Å². The average Bonchev–Trinajstić information content (AvgIpc) is 3.76. The minimum Gasteiger partial charge on any atom is -0.208 e. The number of fused-ring (bicyclic) bond motifs is 10. The van der Waals surface area contributed by atoms with Gasteiger partial charge in [-0.1, -0.05) is 140 Å². The predicted octanol–water partition coefficient (Wildman–Crippen LogP) is 13.5. The fourth-order valence-corrected chi connectivity index (χ4v) is 9.76. The number of hydrogen-bond donors (Lipinski definition) is 0. The number of hydrogen-bond acceptors (Lipinski definition) is 4. The van der Waals surface area contributed by atoms with E-state index in [1.165, 1.54) is 74.7 Å². The lowest BCUT2D eigenvalue weighted by Gasteiger charge is -2.15. The van der Waals surface area contributed by atoms with Crippen LogP contribution in [0.15, 0.2) is 164 Å². The van der Waals surface area contributed by atoms with Crippen LogP contribution in [0.2, 0.25) is 0 Å². The van der Waals surface area contributed by atoms with E-state index < -0.39 is 0 Å². The molecule has 2 aromatic heterocycles. The molecule has 3 nitrogen and oxygen atoms in total. The zero-order chi connectivity index (χ0) is 34.6. The monoisotopic (exact) mass is 689 g/mol. The van der Waals surface area contributed by atoms with Crippen LogP contribution >= 0.6 is 11.3 Å². The smallest absolute Gasteiger partial charge is 0.165 e. The zero-order valence-corrected chi connectivity index (χ0v) is 29.2. The van der Waals surface area contributed by atoms with E-state index in [1.807, 2.05) is 11.3 Å². The number of rotatable bonds is 3. The predicted molar refractivity (Wildman–Crippen MR) is 223 cm³/mol. The van der Waals surface area contributed by atoms with Crippen molar-refractivity contribution in [1.29, 1.82) is 0 Å². The van der Waals surface area contributed by atoms with Crippen molar-refractivity contribution >= 4 is 74.6 Å². The molecule has 1 aliphatic rings. The molecule has 11 aromatic rings. The summed E-state index contributed by atoms with van der Waals surface area (Å²) in [7, 11) is 0. The molecule has 12 rings (SSSR count). The Kier molecular flexibility index (Phi) is 5.93. The Balaban J connectivity index is 1.19. The normalized spacial score (nSPS) is 12.2. The summed E-state index contributed by atoms with van der Waals surface area (Å²) in [5, 5.41) is 12.1. The molecule has 0 saturated carbocycles. The zero-order valence-electron chi connectivity index (χ0n) is 28.3. The second-order valence-electron chi connectivity index (χ2n) is 13.9. The Morgan fingerprint density at radius 3 is 1.77 bits per heavy atom. The van der Waals surface area contributed by atoms with Gasteiger partial charge < -0.3 is 0 Å². The van der Waals surface area contributed by atoms with Crippen molar-refractivity contribution in [1.82, 2.24) is 15.0 Å². The molecule has 244 valence electrons. The highest BCUT2D eigenvalue weighted by molar-refractivity contribution is 7.26. The topological polar surface area (TPSA) is 38.7 Å². The van der Waals surface area contributed by atoms with Crippen molar-refractivity contribution in [2.24, 2.45) is 0 Å². The first-order chi connectivity index (χ1) is 26.2. The first-order valence-corrected chi connectivity index (χ1v) is 18.8. The summed E-state index contributed by atoms with van der Waals surface area (Å²) in [5.41, 5.74) is 7.91. The lowest BCUT2D eigenvalue weighted by atomic mass is 9.93. The summed E-state index contributed by atoms with van der Waals surface area (Å²) in [4.78, 5) is 16.1. The molecule has 4 heteroatoms. The van der Waals surface area contributed by atoms with Gasteiger partial charge in [0.15, 0.2) is 17.5 Å². The highest BCUT2D eigenvalue weighted by Crippen LogP contribution is 2.55. The highest BCUT2D eigenvalue weighted by Gasteiger charge is 2.29. The molecule has 0 unspecified atom stereocenters. The van der Waals surface area contributed by atoms with Crippen molar-refractivity contribution in [2.45, 2.75) is 0 Å². The highest BCUT2D eigenvalue weighted by atomic mass is 32.1. The Morgan fingerprint density at radius 1 is 0.321 bits per heavy atom. The number of thiophene rings is 1. The Bertz CT molecular complexity index is 3350. The second-order valence-corrected chi connectivity index (χ2v) is 15.0. The van der Waals surface area contributed by atoms with Crippen LogP contribution in [0.1, 0.15) is 0 Å². The SMILES string of the molecule is c1ccc2cc(-c3nc(-c4ccc5c(ccc6ccccc65)c4)nc(-c4c5c(cc6sc7ccccc7c46)-c4cccc6cccc-5c46)n3)ccc2c1. The van der Waals surface area contributed by atoms with Crippen molar-refractivity contribution < 1.29 is 0 Å². The molecule has 0 atom stereocenters. The van der Waals surface area contributed by atoms with Crippen LogP contribution in [-0.4, -0.2) is 15.0 Å². The third-order valence-corrected chi connectivity index (χ3v) is 12.1. The molecule has 9 aromatic carbocycles. The van der Waals surface area contributed by atoms with Gasteiger partial charge in [0.1, 0.15) is 0 Å². The second kappa shape index (κ2) is 10.9. The third kappa shape index (κ3) is 4.24. The van der Waals surface area contributed by atoms with E-state index in [0.29, 0.717) is 17.5 Å². The lowest BCUT2D eigenvalue weighted by molar-refractivity contribution is 1.08. The van der Waals surface area contributed by atoms with Crippen LogP contribution in [-0.2, 0) is 0 Å². The molecule has 0 N–H and O–H groups in total. The third-order valence-electron chi connectivity index (χ3n) is 11.0. The molecule has 0 aliphatic heterocycles. The van der Waals surface area contributed by atoms with Crippen LogP contribution in [0.4, 0.5) is 0 Å². The molecule has 0 radical (unpaired) electrons. The molecular weight excluding hydrogens is 663 g/mol. The molecule has 0 saturated heterocycles. The minimum atomic E-state index is 0.659. The maximum Gasteiger partial charge on any atom is 0.165 e. The number of benzene rings is 9. The van der Waals surface area contributed by atoms with Gasteiger partial charge in [0.25, 0.3) is 0 Å². The molecule has 1 aliphatic carbocycles. The Hall–Kier alpha value is -6.75. The van der Waals surface area contributed by atoms with Gasteiger partial charge in [0.2, 0.25) is 0 Å². The van der Waals surface area contributed by atoms with Crippen LogP contribution in [0, 0.1) is 0 Å². The first kappa shape index (κ1) is 28.9. The molecular formula is C49H27N3S. The first-order valence-electron chi connectivity index (χ1n) is 17.9. The lowest BCUT2D eigenvalue weighted by Crippen LogP contribution is -2.02. The fourth-order valence-electron chi connectivity index (χ4n) is 8.60. The quantitative estimate of drug-likeness (QED) is 0.173. The maximum absolute atomic E-state index is 5.45. The van der Waals surface area contributed by atoms with Crippen LogP contribution < -0.4 is 0 Å². The van der Waals surface area contributed by atoms with Crippen molar-refractivity contribution in [2.75, 3.05) is 0 Å². The summed E-state index contributed by atoms with van der Waals surface area (Å²) >= 11 is 1.84. The standard InChI is InChI=1S/C49H27N3S/c1-2-11-31-25-33(22-19-28(31)9-1)47-50-48(34-23-24-36-32(26-34)21-20-29-10-3-4-14-35(29)36)52-49(51-47)46-44-39-17-8-13-30-12-7-16-37(43(30)39)40(44)27-42-45(46)38-15-5-6-18-41(38)53-42/h1-27H. The molecule has 0 amide bonds. The summed E-state index contributed by atoms with van der Waals surface area (Å²) in [6.45, 7) is 0. The summed E-state index contributed by atoms with van der Waals surface area (Å²) in [5.74, 6) is 2.01. The van der Waals surface area contributed by atoms with E-state index >= 15 is 0 Å². The van der Waals surface area contributed by atoms with Crippen molar-refractivity contribution in [3.05, 3.63) is 164 Å². The summed E-state index contributed by atoms with van der Waals surface area (Å²) in [6, 6.07) is 59.0. The van der Waals surface area contributed by atoms with E-state index in [9.17, 15) is 0 Å². The fraction of sp³-hybridized carbons (Fsp3) is 0. The minimum absolute atomic E-state index is 0.659. The molecule has 0 fully saturated rings. The van der Waals surface area contributed by atoms with E-state index in [4.69, 9.17) is 15.0 Å². The number of nitrogens with zero attached hydrogens (tertiary/aromatic N) is 3. The van der Waals surface area contributed by atoms with Gasteiger partial charge in [0.05, 0.1) is 0 Å². The van der Waals surface area contributed by atoms with Crippen LogP contribution in [0.5, 0.6) is 0 Å². The van der Waals surface area contributed by atoms with Crippen LogP contribution in [0.25, 0.3) is 120 Å². The van der Waals surface area contributed by atoms with E-state index in [-0.39, 0.29) is 0 Å². The summed E-state index contributed by atoms with van der Waals surface area (Å²) in [6.07, 6.45) is 0.